The summed E-state index contributed by atoms with van der Waals surface area (Å²) in [7, 11) is 0. The second-order valence-electron chi connectivity index (χ2n) is 5.16. The fraction of sp³-hybridized carbons (Fsp3) is 0.389. The highest BCUT2D eigenvalue weighted by Crippen LogP contribution is 2.29. The zero-order valence-electron chi connectivity index (χ0n) is 12.6. The summed E-state index contributed by atoms with van der Waals surface area (Å²) in [6.45, 7) is 8.46. The molecule has 2 atom stereocenters. The van der Waals surface area contributed by atoms with E-state index in [1.54, 1.807) is 0 Å². The highest BCUT2D eigenvalue weighted by molar-refractivity contribution is 5.84. The SMILES string of the molecule is C=C[C@H](/C=C/C)[C@H](C(=O)N1CCOCC1)c1ccccc1. The van der Waals surface area contributed by atoms with Crippen LogP contribution >= 0.6 is 0 Å². The van der Waals surface area contributed by atoms with Crippen LogP contribution in [0.15, 0.2) is 55.1 Å². The van der Waals surface area contributed by atoms with Gasteiger partial charge in [0.2, 0.25) is 5.91 Å². The Morgan fingerprint density at radius 2 is 1.95 bits per heavy atom. The smallest absolute Gasteiger partial charge is 0.231 e. The van der Waals surface area contributed by atoms with Crippen LogP contribution < -0.4 is 0 Å². The number of benzene rings is 1. The molecule has 0 aliphatic carbocycles. The monoisotopic (exact) mass is 285 g/mol. The summed E-state index contributed by atoms with van der Waals surface area (Å²) in [6.07, 6.45) is 5.88. The van der Waals surface area contributed by atoms with E-state index in [0.717, 1.165) is 5.56 Å². The van der Waals surface area contributed by atoms with Crippen LogP contribution in [-0.4, -0.2) is 37.1 Å². The number of carbonyl (C=O) groups is 1. The maximum atomic E-state index is 13.0. The van der Waals surface area contributed by atoms with Crippen molar-refractivity contribution in [2.75, 3.05) is 26.3 Å². The van der Waals surface area contributed by atoms with Gasteiger partial charge in [-0.05, 0) is 12.5 Å². The Kier molecular flexibility index (Phi) is 5.76. The average Bonchev–Trinajstić information content (AvgIpc) is 2.56. The lowest BCUT2D eigenvalue weighted by Gasteiger charge is -2.32. The van der Waals surface area contributed by atoms with Crippen molar-refractivity contribution in [1.82, 2.24) is 4.90 Å². The van der Waals surface area contributed by atoms with E-state index in [4.69, 9.17) is 4.74 Å². The normalized spacial score (nSPS) is 18.4. The van der Waals surface area contributed by atoms with Crippen LogP contribution in [0.1, 0.15) is 18.4 Å². The molecule has 3 nitrogen and oxygen atoms in total. The van der Waals surface area contributed by atoms with E-state index >= 15 is 0 Å². The molecule has 3 heteroatoms. The third kappa shape index (κ3) is 3.82. The lowest BCUT2D eigenvalue weighted by Crippen LogP contribution is -2.44. The van der Waals surface area contributed by atoms with Gasteiger partial charge in [0.15, 0.2) is 0 Å². The Bertz CT molecular complexity index is 489. The van der Waals surface area contributed by atoms with Gasteiger partial charge in [-0.1, -0.05) is 48.6 Å². The second kappa shape index (κ2) is 7.79. The molecule has 2 rings (SSSR count). The predicted molar refractivity (Wildman–Crippen MR) is 85.1 cm³/mol. The molecule has 1 heterocycles. The van der Waals surface area contributed by atoms with E-state index in [9.17, 15) is 4.79 Å². The van der Waals surface area contributed by atoms with Crippen LogP contribution in [0.25, 0.3) is 0 Å². The number of carbonyl (C=O) groups excluding carboxylic acids is 1. The van der Waals surface area contributed by atoms with Crippen molar-refractivity contribution in [2.45, 2.75) is 12.8 Å². The molecule has 0 N–H and O–H groups in total. The van der Waals surface area contributed by atoms with Crippen LogP contribution in [0.3, 0.4) is 0 Å². The minimum Gasteiger partial charge on any atom is -0.378 e. The maximum Gasteiger partial charge on any atom is 0.231 e. The number of hydrogen-bond acceptors (Lipinski definition) is 2. The molecule has 1 saturated heterocycles. The maximum absolute atomic E-state index is 13.0. The summed E-state index contributed by atoms with van der Waals surface area (Å²) in [4.78, 5) is 14.9. The largest absolute Gasteiger partial charge is 0.378 e. The van der Waals surface area contributed by atoms with Crippen molar-refractivity contribution in [2.24, 2.45) is 5.92 Å². The quantitative estimate of drug-likeness (QED) is 0.778. The average molecular weight is 285 g/mol. The number of hydrogen-bond donors (Lipinski definition) is 0. The third-order valence-corrected chi connectivity index (χ3v) is 3.82. The molecule has 1 fully saturated rings. The third-order valence-electron chi connectivity index (χ3n) is 3.82. The second-order valence-corrected chi connectivity index (χ2v) is 5.16. The molecular formula is C18H23NO2. The molecule has 112 valence electrons. The van der Waals surface area contributed by atoms with Gasteiger partial charge in [-0.25, -0.2) is 0 Å². The van der Waals surface area contributed by atoms with Gasteiger partial charge < -0.3 is 9.64 Å². The molecule has 0 radical (unpaired) electrons. The van der Waals surface area contributed by atoms with Crippen molar-refractivity contribution in [3.63, 3.8) is 0 Å². The van der Waals surface area contributed by atoms with Crippen molar-refractivity contribution < 1.29 is 9.53 Å². The Balaban J connectivity index is 2.30. The highest BCUT2D eigenvalue weighted by atomic mass is 16.5. The van der Waals surface area contributed by atoms with E-state index in [0.29, 0.717) is 26.3 Å². The lowest BCUT2D eigenvalue weighted by atomic mass is 9.84. The first-order valence-electron chi connectivity index (χ1n) is 7.44. The Morgan fingerprint density at radius 3 is 2.52 bits per heavy atom. The minimum absolute atomic E-state index is 0.00717. The molecule has 0 aromatic heterocycles. The molecule has 1 amide bonds. The molecule has 0 bridgehead atoms. The van der Waals surface area contributed by atoms with E-state index in [2.05, 4.69) is 6.58 Å². The fourth-order valence-corrected chi connectivity index (χ4v) is 2.72. The van der Waals surface area contributed by atoms with Crippen molar-refractivity contribution in [1.29, 1.82) is 0 Å². The minimum atomic E-state index is -0.210. The zero-order chi connectivity index (χ0) is 15.1. The molecule has 1 aliphatic heterocycles. The fourth-order valence-electron chi connectivity index (χ4n) is 2.72. The van der Waals surface area contributed by atoms with Gasteiger partial charge in [-0.2, -0.15) is 0 Å². The van der Waals surface area contributed by atoms with E-state index in [1.807, 2.05) is 60.4 Å². The highest BCUT2D eigenvalue weighted by Gasteiger charge is 2.31. The van der Waals surface area contributed by atoms with E-state index < -0.39 is 0 Å². The predicted octanol–water partition coefficient (Wildman–Crippen LogP) is 3.01. The van der Waals surface area contributed by atoms with Crippen molar-refractivity contribution in [3.05, 3.63) is 60.7 Å². The summed E-state index contributed by atoms with van der Waals surface area (Å²) in [5, 5.41) is 0. The number of amides is 1. The Morgan fingerprint density at radius 1 is 1.29 bits per heavy atom. The molecule has 21 heavy (non-hydrogen) atoms. The van der Waals surface area contributed by atoms with Crippen LogP contribution in [0.5, 0.6) is 0 Å². The van der Waals surface area contributed by atoms with Crippen molar-refractivity contribution in [3.8, 4) is 0 Å². The van der Waals surface area contributed by atoms with Gasteiger partial charge in [0.05, 0.1) is 19.1 Å². The number of rotatable bonds is 5. The van der Waals surface area contributed by atoms with Crippen LogP contribution in [-0.2, 0) is 9.53 Å². The standard InChI is InChI=1S/C18H23NO2/c1-3-8-15(4-2)17(16-9-6-5-7-10-16)18(20)19-11-13-21-14-12-19/h3-10,15,17H,2,11-14H2,1H3/b8-3+/t15-,17+/m1/s1. The van der Waals surface area contributed by atoms with Gasteiger partial charge >= 0.3 is 0 Å². The summed E-state index contributed by atoms with van der Waals surface area (Å²) in [5.41, 5.74) is 1.04. The Hall–Kier alpha value is -1.87. The topological polar surface area (TPSA) is 29.5 Å². The van der Waals surface area contributed by atoms with Gasteiger partial charge in [0, 0.05) is 19.0 Å². The van der Waals surface area contributed by atoms with Crippen LogP contribution in [0.2, 0.25) is 0 Å². The molecule has 0 unspecified atom stereocenters. The molecule has 1 aliphatic rings. The number of morpholine rings is 1. The van der Waals surface area contributed by atoms with Gasteiger partial charge in [0.25, 0.3) is 0 Å². The first kappa shape index (κ1) is 15.5. The number of allylic oxidation sites excluding steroid dienone is 3. The van der Waals surface area contributed by atoms with Gasteiger partial charge in [-0.15, -0.1) is 6.58 Å². The molecular weight excluding hydrogens is 262 g/mol. The van der Waals surface area contributed by atoms with Gasteiger partial charge in [-0.3, -0.25) is 4.79 Å². The first-order chi connectivity index (χ1) is 10.3. The summed E-state index contributed by atoms with van der Waals surface area (Å²) in [6, 6.07) is 9.96. The number of nitrogens with zero attached hydrogens (tertiary/aromatic N) is 1. The van der Waals surface area contributed by atoms with E-state index in [1.165, 1.54) is 0 Å². The summed E-state index contributed by atoms with van der Waals surface area (Å²) < 4.78 is 5.34. The summed E-state index contributed by atoms with van der Waals surface area (Å²) in [5.74, 6) is -0.0433. The summed E-state index contributed by atoms with van der Waals surface area (Å²) >= 11 is 0. The first-order valence-corrected chi connectivity index (χ1v) is 7.44. The molecule has 0 saturated carbocycles. The molecule has 1 aromatic rings. The number of ether oxygens (including phenoxy) is 1. The zero-order valence-corrected chi connectivity index (χ0v) is 12.6. The van der Waals surface area contributed by atoms with Crippen molar-refractivity contribution >= 4 is 5.91 Å². The molecule has 0 spiro atoms. The van der Waals surface area contributed by atoms with Crippen LogP contribution in [0.4, 0.5) is 0 Å². The lowest BCUT2D eigenvalue weighted by molar-refractivity contribution is -0.137. The van der Waals surface area contributed by atoms with Crippen LogP contribution in [0, 0.1) is 5.92 Å². The van der Waals surface area contributed by atoms with E-state index in [-0.39, 0.29) is 17.7 Å². The molecule has 1 aromatic carbocycles. The Labute approximate surface area is 126 Å². The van der Waals surface area contributed by atoms with Gasteiger partial charge in [0.1, 0.15) is 0 Å².